The fourth-order valence-corrected chi connectivity index (χ4v) is 10.8. The maximum Gasteiger partial charge on any atom is 0.238 e. The van der Waals surface area contributed by atoms with Crippen LogP contribution in [-0.4, -0.2) is 19.5 Å². The van der Waals surface area contributed by atoms with Crippen molar-refractivity contribution in [3.8, 4) is 51.0 Å². The molecule has 0 fully saturated rings. The standard InChI is InChI=1S/C64H43N5/c1-5-22-46(23-6-1)64(47-24-7-2-8-25-47)55-35-17-13-33-53(55)60-54(34-21-36-56(60)64)62-65-61(66-63(67-62)69-58-38-19-15-31-51(58)52-32-16-20-39-59(52)69)45-42-40-44(41-43-45)50-30-14-18-37-57(50)68(48-26-9-3-10-27-48)49-28-11-4-12-29-49/h1-43H. The molecule has 0 atom stereocenters. The molecule has 2 aromatic heterocycles. The van der Waals surface area contributed by atoms with E-state index < -0.39 is 5.41 Å². The van der Waals surface area contributed by atoms with Crippen LogP contribution >= 0.6 is 0 Å². The molecule has 5 heteroatoms. The van der Waals surface area contributed by atoms with E-state index in [4.69, 9.17) is 15.0 Å². The summed E-state index contributed by atoms with van der Waals surface area (Å²) in [5, 5.41) is 2.29. The zero-order valence-corrected chi connectivity index (χ0v) is 37.6. The molecule has 0 saturated carbocycles. The van der Waals surface area contributed by atoms with Crippen LogP contribution in [-0.2, 0) is 5.41 Å². The van der Waals surface area contributed by atoms with Crippen molar-refractivity contribution in [3.63, 3.8) is 0 Å². The second-order valence-corrected chi connectivity index (χ2v) is 17.5. The SMILES string of the molecule is c1ccc(N(c2ccccc2)c2ccccc2-c2ccc(-c3nc(-c4cccc5c4-c4ccccc4C5(c4ccccc4)c4ccccc4)nc(-n4c5ccccc5c5ccccc54)n3)cc2)cc1. The van der Waals surface area contributed by atoms with Gasteiger partial charge in [0.05, 0.1) is 22.1 Å². The monoisotopic (exact) mass is 881 g/mol. The third-order valence-corrected chi connectivity index (χ3v) is 13.8. The van der Waals surface area contributed by atoms with Gasteiger partial charge in [-0.15, -0.1) is 0 Å². The molecule has 0 spiro atoms. The van der Waals surface area contributed by atoms with Crippen LogP contribution in [0.2, 0.25) is 0 Å². The van der Waals surface area contributed by atoms with Crippen molar-refractivity contribution < 1.29 is 0 Å². The Bertz CT molecular complexity index is 3700. The first-order chi connectivity index (χ1) is 34.3. The van der Waals surface area contributed by atoms with Crippen LogP contribution in [0.3, 0.4) is 0 Å². The summed E-state index contributed by atoms with van der Waals surface area (Å²) in [6.07, 6.45) is 0. The maximum absolute atomic E-state index is 5.50. The average Bonchev–Trinajstić information content (AvgIpc) is 3.93. The molecule has 13 rings (SSSR count). The summed E-state index contributed by atoms with van der Waals surface area (Å²) in [6, 6.07) is 92.7. The Balaban J connectivity index is 1.02. The van der Waals surface area contributed by atoms with Gasteiger partial charge in [0.2, 0.25) is 5.95 Å². The van der Waals surface area contributed by atoms with Crippen molar-refractivity contribution in [1.29, 1.82) is 0 Å². The molecular weight excluding hydrogens is 839 g/mol. The Morgan fingerprint density at radius 3 is 1.42 bits per heavy atom. The highest BCUT2D eigenvalue weighted by Gasteiger charge is 2.47. The molecular formula is C64H43N5. The summed E-state index contributed by atoms with van der Waals surface area (Å²) in [5.41, 5.74) is 15.9. The second-order valence-electron chi connectivity index (χ2n) is 17.5. The van der Waals surface area contributed by atoms with E-state index in [-0.39, 0.29) is 0 Å². The normalized spacial score (nSPS) is 12.5. The third kappa shape index (κ3) is 6.51. The number of para-hydroxylation sites is 5. The Kier molecular flexibility index (Phi) is 9.65. The van der Waals surface area contributed by atoms with Crippen LogP contribution < -0.4 is 4.90 Å². The van der Waals surface area contributed by atoms with Crippen LogP contribution in [0.1, 0.15) is 22.3 Å². The molecule has 5 nitrogen and oxygen atoms in total. The molecule has 0 N–H and O–H groups in total. The number of benzene rings is 10. The van der Waals surface area contributed by atoms with E-state index in [2.05, 4.69) is 270 Å². The fraction of sp³-hybridized carbons (Fsp3) is 0.0156. The van der Waals surface area contributed by atoms with E-state index in [0.29, 0.717) is 17.6 Å². The van der Waals surface area contributed by atoms with Crippen molar-refractivity contribution in [2.45, 2.75) is 5.41 Å². The summed E-state index contributed by atoms with van der Waals surface area (Å²) in [5.74, 6) is 1.76. The second kappa shape index (κ2) is 16.6. The zero-order valence-electron chi connectivity index (χ0n) is 37.6. The predicted molar refractivity (Wildman–Crippen MR) is 282 cm³/mol. The zero-order chi connectivity index (χ0) is 45.7. The van der Waals surface area contributed by atoms with Gasteiger partial charge < -0.3 is 4.90 Å². The molecule has 0 amide bonds. The van der Waals surface area contributed by atoms with Gasteiger partial charge in [0.1, 0.15) is 0 Å². The van der Waals surface area contributed by atoms with Gasteiger partial charge in [-0.2, -0.15) is 9.97 Å². The van der Waals surface area contributed by atoms with Crippen LogP contribution in [0.5, 0.6) is 0 Å². The number of hydrogen-bond acceptors (Lipinski definition) is 4. The average molecular weight is 882 g/mol. The first kappa shape index (κ1) is 40.1. The van der Waals surface area contributed by atoms with E-state index >= 15 is 0 Å². The molecule has 69 heavy (non-hydrogen) atoms. The molecule has 1 aliphatic rings. The Morgan fingerprint density at radius 2 is 0.797 bits per heavy atom. The lowest BCUT2D eigenvalue weighted by molar-refractivity contribution is 0.768. The molecule has 2 heterocycles. The van der Waals surface area contributed by atoms with Crippen molar-refractivity contribution in [2.24, 2.45) is 0 Å². The smallest absolute Gasteiger partial charge is 0.238 e. The lowest BCUT2D eigenvalue weighted by Crippen LogP contribution is -2.28. The first-order valence-electron chi connectivity index (χ1n) is 23.5. The molecule has 12 aromatic rings. The lowest BCUT2D eigenvalue weighted by atomic mass is 9.67. The number of anilines is 3. The summed E-state index contributed by atoms with van der Waals surface area (Å²) in [6.45, 7) is 0. The van der Waals surface area contributed by atoms with E-state index in [1.807, 2.05) is 0 Å². The van der Waals surface area contributed by atoms with Crippen molar-refractivity contribution >= 4 is 38.9 Å². The Hall–Kier alpha value is -9.19. The molecule has 1 aliphatic carbocycles. The Morgan fingerprint density at radius 1 is 0.333 bits per heavy atom. The number of hydrogen-bond donors (Lipinski definition) is 0. The highest BCUT2D eigenvalue weighted by molar-refractivity contribution is 6.09. The first-order valence-corrected chi connectivity index (χ1v) is 23.5. The van der Waals surface area contributed by atoms with Crippen molar-refractivity contribution in [1.82, 2.24) is 19.5 Å². The largest absolute Gasteiger partial charge is 0.310 e. The molecule has 0 bridgehead atoms. The molecule has 0 radical (unpaired) electrons. The summed E-state index contributed by atoms with van der Waals surface area (Å²) < 4.78 is 2.20. The van der Waals surface area contributed by atoms with Gasteiger partial charge in [-0.25, -0.2) is 4.98 Å². The number of nitrogens with zero attached hydrogens (tertiary/aromatic N) is 5. The molecule has 0 aliphatic heterocycles. The van der Waals surface area contributed by atoms with E-state index in [1.54, 1.807) is 0 Å². The maximum atomic E-state index is 5.50. The molecule has 10 aromatic carbocycles. The minimum atomic E-state index is -0.571. The predicted octanol–water partition coefficient (Wildman–Crippen LogP) is 15.8. The highest BCUT2D eigenvalue weighted by atomic mass is 15.2. The van der Waals surface area contributed by atoms with Gasteiger partial charge in [-0.1, -0.05) is 218 Å². The number of fused-ring (bicyclic) bond motifs is 6. The van der Waals surface area contributed by atoms with Crippen molar-refractivity contribution in [2.75, 3.05) is 4.90 Å². The van der Waals surface area contributed by atoms with Crippen LogP contribution in [0.25, 0.3) is 72.8 Å². The van der Waals surface area contributed by atoms with Crippen LogP contribution in [0.4, 0.5) is 17.1 Å². The number of aromatic nitrogens is 4. The van der Waals surface area contributed by atoms with Crippen molar-refractivity contribution in [3.05, 3.63) is 283 Å². The van der Waals surface area contributed by atoms with Gasteiger partial charge in [0.15, 0.2) is 11.6 Å². The third-order valence-electron chi connectivity index (χ3n) is 13.8. The van der Waals surface area contributed by atoms with Crippen LogP contribution in [0, 0.1) is 0 Å². The van der Waals surface area contributed by atoms with Gasteiger partial charge in [-0.05, 0) is 81.4 Å². The molecule has 324 valence electrons. The van der Waals surface area contributed by atoms with Gasteiger partial charge in [0.25, 0.3) is 0 Å². The lowest BCUT2D eigenvalue weighted by Gasteiger charge is -2.33. The van der Waals surface area contributed by atoms with E-state index in [9.17, 15) is 0 Å². The summed E-state index contributed by atoms with van der Waals surface area (Å²) in [4.78, 5) is 18.7. The van der Waals surface area contributed by atoms with Crippen LogP contribution in [0.15, 0.2) is 261 Å². The Labute approximate surface area is 401 Å². The van der Waals surface area contributed by atoms with E-state index in [0.717, 1.165) is 66.7 Å². The van der Waals surface area contributed by atoms with Gasteiger partial charge in [0, 0.05) is 38.8 Å². The summed E-state index contributed by atoms with van der Waals surface area (Å²) in [7, 11) is 0. The molecule has 0 saturated heterocycles. The van der Waals surface area contributed by atoms with E-state index in [1.165, 1.54) is 27.8 Å². The molecule has 0 unspecified atom stereocenters. The van der Waals surface area contributed by atoms with Gasteiger partial charge in [-0.3, -0.25) is 4.57 Å². The van der Waals surface area contributed by atoms with Gasteiger partial charge >= 0.3 is 0 Å². The summed E-state index contributed by atoms with van der Waals surface area (Å²) >= 11 is 0. The minimum Gasteiger partial charge on any atom is -0.310 e. The fourth-order valence-electron chi connectivity index (χ4n) is 10.8. The quantitative estimate of drug-likeness (QED) is 0.145. The minimum absolute atomic E-state index is 0.560. The topological polar surface area (TPSA) is 46.8 Å². The number of rotatable bonds is 9. The highest BCUT2D eigenvalue weighted by Crippen LogP contribution is 2.58.